The number of carbonyl (C=O) groups excluding carboxylic acids is 1. The van der Waals surface area contributed by atoms with Crippen LogP contribution in [0, 0.1) is 6.92 Å². The number of phenolic OH excluding ortho intramolecular Hbond substituents is 1. The third-order valence-corrected chi connectivity index (χ3v) is 3.24. The maximum Gasteiger partial charge on any atom is 0.416 e. The van der Waals surface area contributed by atoms with Gasteiger partial charge in [0.05, 0.1) is 11.1 Å². The Balaban J connectivity index is 2.31. The molecule has 0 unspecified atom stereocenters. The summed E-state index contributed by atoms with van der Waals surface area (Å²) in [6.07, 6.45) is -4.51. The second kappa shape index (κ2) is 5.88. The molecule has 2 aromatic rings. The third kappa shape index (κ3) is 3.51. The molecule has 3 nitrogen and oxygen atoms in total. The quantitative estimate of drug-likeness (QED) is 0.844. The molecule has 0 fully saturated rings. The van der Waals surface area contributed by atoms with E-state index in [1.54, 1.807) is 0 Å². The normalized spacial score (nSPS) is 11.3. The van der Waals surface area contributed by atoms with Crippen LogP contribution in [-0.4, -0.2) is 11.0 Å². The van der Waals surface area contributed by atoms with Crippen LogP contribution in [0.1, 0.15) is 21.5 Å². The molecule has 0 aliphatic rings. The number of amides is 1. The average Bonchev–Trinajstić information content (AvgIpc) is 2.42. The summed E-state index contributed by atoms with van der Waals surface area (Å²) in [7, 11) is 0. The molecule has 0 aliphatic carbocycles. The zero-order chi connectivity index (χ0) is 16.5. The standard InChI is InChI=1S/C15H11ClF3NO2/c1-8-2-4-10(7-12(8)15(17,18)19)20-14(22)11-6-9(16)3-5-13(11)21/h2-7,21H,1H3,(H,20,22). The molecule has 0 saturated heterocycles. The maximum absolute atomic E-state index is 12.8. The average molecular weight is 330 g/mol. The number of rotatable bonds is 2. The van der Waals surface area contributed by atoms with E-state index in [1.807, 2.05) is 0 Å². The number of alkyl halides is 3. The summed E-state index contributed by atoms with van der Waals surface area (Å²) >= 11 is 5.73. The van der Waals surface area contributed by atoms with Crippen molar-refractivity contribution in [2.45, 2.75) is 13.1 Å². The number of halogens is 4. The van der Waals surface area contributed by atoms with Gasteiger partial charge in [-0.15, -0.1) is 0 Å². The van der Waals surface area contributed by atoms with E-state index in [0.717, 1.165) is 6.07 Å². The highest BCUT2D eigenvalue weighted by atomic mass is 35.5. The molecule has 0 aliphatic heterocycles. The van der Waals surface area contributed by atoms with E-state index >= 15 is 0 Å². The lowest BCUT2D eigenvalue weighted by Gasteiger charge is -2.13. The van der Waals surface area contributed by atoms with Crippen LogP contribution in [0.25, 0.3) is 0 Å². The number of hydrogen-bond donors (Lipinski definition) is 2. The van der Waals surface area contributed by atoms with Crippen molar-refractivity contribution in [2.75, 3.05) is 5.32 Å². The molecule has 2 rings (SSSR count). The van der Waals surface area contributed by atoms with E-state index in [4.69, 9.17) is 11.6 Å². The van der Waals surface area contributed by atoms with Gasteiger partial charge in [0.2, 0.25) is 0 Å². The summed E-state index contributed by atoms with van der Waals surface area (Å²) in [5.74, 6) is -1.07. The number of nitrogens with one attached hydrogen (secondary N) is 1. The van der Waals surface area contributed by atoms with Gasteiger partial charge >= 0.3 is 6.18 Å². The summed E-state index contributed by atoms with van der Waals surface area (Å²) < 4.78 is 38.5. The molecule has 7 heteroatoms. The van der Waals surface area contributed by atoms with E-state index in [9.17, 15) is 23.1 Å². The number of carbonyl (C=O) groups is 1. The Hall–Kier alpha value is -2.21. The summed E-state index contributed by atoms with van der Waals surface area (Å²) in [6, 6.07) is 7.30. The van der Waals surface area contributed by atoms with Gasteiger partial charge < -0.3 is 10.4 Å². The molecule has 1 amide bonds. The predicted molar refractivity (Wildman–Crippen MR) is 77.3 cm³/mol. The van der Waals surface area contributed by atoms with Gasteiger partial charge in [-0.05, 0) is 42.8 Å². The fourth-order valence-corrected chi connectivity index (χ4v) is 2.07. The number of phenols is 1. The Morgan fingerprint density at radius 2 is 1.86 bits per heavy atom. The van der Waals surface area contributed by atoms with Crippen molar-refractivity contribution >= 4 is 23.2 Å². The van der Waals surface area contributed by atoms with Gasteiger partial charge in [-0.1, -0.05) is 17.7 Å². The van der Waals surface area contributed by atoms with Gasteiger partial charge in [0.15, 0.2) is 0 Å². The minimum absolute atomic E-state index is 0.0256. The lowest BCUT2D eigenvalue weighted by Crippen LogP contribution is -2.14. The Labute approximate surface area is 129 Å². The molecule has 0 bridgehead atoms. The first-order valence-corrected chi connectivity index (χ1v) is 6.54. The number of anilines is 1. The van der Waals surface area contributed by atoms with Crippen molar-refractivity contribution in [3.63, 3.8) is 0 Å². The lowest BCUT2D eigenvalue weighted by atomic mass is 10.1. The smallest absolute Gasteiger partial charge is 0.416 e. The van der Waals surface area contributed by atoms with Gasteiger partial charge in [0, 0.05) is 10.7 Å². The first kappa shape index (κ1) is 16.2. The largest absolute Gasteiger partial charge is 0.507 e. The molecule has 0 aromatic heterocycles. The van der Waals surface area contributed by atoms with Crippen molar-refractivity contribution in [1.29, 1.82) is 0 Å². The van der Waals surface area contributed by atoms with Crippen LogP contribution in [0.15, 0.2) is 36.4 Å². The van der Waals surface area contributed by atoms with E-state index in [1.165, 1.54) is 37.3 Å². The van der Waals surface area contributed by atoms with E-state index in [-0.39, 0.29) is 27.6 Å². The monoisotopic (exact) mass is 329 g/mol. The zero-order valence-corrected chi connectivity index (χ0v) is 12.1. The van der Waals surface area contributed by atoms with Crippen LogP contribution < -0.4 is 5.32 Å². The maximum atomic E-state index is 12.8. The van der Waals surface area contributed by atoms with Crippen molar-refractivity contribution in [1.82, 2.24) is 0 Å². The van der Waals surface area contributed by atoms with Crippen LogP contribution >= 0.6 is 11.6 Å². The molecule has 0 spiro atoms. The summed E-state index contributed by atoms with van der Waals surface area (Å²) in [5.41, 5.74) is -0.930. The van der Waals surface area contributed by atoms with Gasteiger partial charge in [-0.2, -0.15) is 13.2 Å². The van der Waals surface area contributed by atoms with Crippen LogP contribution in [-0.2, 0) is 6.18 Å². The highest BCUT2D eigenvalue weighted by Crippen LogP contribution is 2.33. The van der Waals surface area contributed by atoms with E-state index in [2.05, 4.69) is 5.32 Å². The Morgan fingerprint density at radius 3 is 2.50 bits per heavy atom. The highest BCUT2D eigenvalue weighted by molar-refractivity contribution is 6.31. The zero-order valence-electron chi connectivity index (χ0n) is 11.3. The number of hydrogen-bond acceptors (Lipinski definition) is 2. The molecular weight excluding hydrogens is 319 g/mol. The fraction of sp³-hybridized carbons (Fsp3) is 0.133. The minimum Gasteiger partial charge on any atom is -0.507 e. The molecule has 2 N–H and O–H groups in total. The predicted octanol–water partition coefficient (Wildman–Crippen LogP) is 4.63. The molecular formula is C15H11ClF3NO2. The Bertz CT molecular complexity index is 729. The second-order valence-corrected chi connectivity index (χ2v) is 5.08. The van der Waals surface area contributed by atoms with Crippen molar-refractivity contribution < 1.29 is 23.1 Å². The van der Waals surface area contributed by atoms with E-state index < -0.39 is 17.6 Å². The van der Waals surface area contributed by atoms with Crippen LogP contribution in [0.3, 0.4) is 0 Å². The highest BCUT2D eigenvalue weighted by Gasteiger charge is 2.32. The summed E-state index contributed by atoms with van der Waals surface area (Å²) in [6.45, 7) is 1.33. The summed E-state index contributed by atoms with van der Waals surface area (Å²) in [5, 5.41) is 12.1. The topological polar surface area (TPSA) is 49.3 Å². The van der Waals surface area contributed by atoms with Gasteiger partial charge in [-0.25, -0.2) is 0 Å². The Kier molecular flexibility index (Phi) is 4.32. The minimum atomic E-state index is -4.51. The second-order valence-electron chi connectivity index (χ2n) is 4.64. The van der Waals surface area contributed by atoms with Crippen LogP contribution in [0.4, 0.5) is 18.9 Å². The molecule has 0 atom stereocenters. The molecule has 2 aromatic carbocycles. The fourth-order valence-electron chi connectivity index (χ4n) is 1.89. The molecule has 0 heterocycles. The number of benzene rings is 2. The Morgan fingerprint density at radius 1 is 1.18 bits per heavy atom. The van der Waals surface area contributed by atoms with Crippen LogP contribution in [0.5, 0.6) is 5.75 Å². The van der Waals surface area contributed by atoms with Gasteiger partial charge in [-0.3, -0.25) is 4.79 Å². The third-order valence-electron chi connectivity index (χ3n) is 3.00. The van der Waals surface area contributed by atoms with Crippen molar-refractivity contribution in [3.05, 3.63) is 58.1 Å². The van der Waals surface area contributed by atoms with Gasteiger partial charge in [0.1, 0.15) is 5.75 Å². The molecule has 0 saturated carbocycles. The molecule has 0 radical (unpaired) electrons. The summed E-state index contributed by atoms with van der Waals surface area (Å²) in [4.78, 5) is 12.0. The van der Waals surface area contributed by atoms with Crippen molar-refractivity contribution in [3.8, 4) is 5.75 Å². The lowest BCUT2D eigenvalue weighted by molar-refractivity contribution is -0.138. The number of aromatic hydroxyl groups is 1. The van der Waals surface area contributed by atoms with Crippen LogP contribution in [0.2, 0.25) is 5.02 Å². The molecule has 22 heavy (non-hydrogen) atoms. The van der Waals surface area contributed by atoms with Crippen molar-refractivity contribution in [2.24, 2.45) is 0 Å². The molecule has 116 valence electrons. The van der Waals surface area contributed by atoms with E-state index in [0.29, 0.717) is 0 Å². The van der Waals surface area contributed by atoms with Gasteiger partial charge in [0.25, 0.3) is 5.91 Å². The first-order valence-electron chi connectivity index (χ1n) is 6.16. The number of aryl methyl sites for hydroxylation is 1. The SMILES string of the molecule is Cc1ccc(NC(=O)c2cc(Cl)ccc2O)cc1C(F)(F)F. The first-order chi connectivity index (χ1) is 10.2.